The smallest absolute Gasteiger partial charge is 0.275 e. The third kappa shape index (κ3) is 6.05. The maximum atomic E-state index is 12.4. The summed E-state index contributed by atoms with van der Waals surface area (Å²) in [5, 5.41) is 7.35. The molecule has 0 bridgehead atoms. The van der Waals surface area contributed by atoms with Gasteiger partial charge in [0.05, 0.1) is 4.88 Å². The van der Waals surface area contributed by atoms with E-state index < -0.39 is 0 Å². The fraction of sp³-hybridized carbons (Fsp3) is 0.261. The second kappa shape index (κ2) is 10.0. The third-order valence-corrected chi connectivity index (χ3v) is 5.62. The molecular formula is C23H27N2OS+. The molecule has 1 amide bonds. The first-order valence-electron chi connectivity index (χ1n) is 9.47. The lowest BCUT2D eigenvalue weighted by Gasteiger charge is -2.17. The van der Waals surface area contributed by atoms with Crippen LogP contribution in [0.1, 0.15) is 35.4 Å². The number of hydrogen-bond acceptors (Lipinski definition) is 2. The van der Waals surface area contributed by atoms with E-state index in [0.29, 0.717) is 6.54 Å². The van der Waals surface area contributed by atoms with Crippen molar-refractivity contribution in [3.63, 3.8) is 0 Å². The summed E-state index contributed by atoms with van der Waals surface area (Å²) in [5.74, 6) is 0.0908. The van der Waals surface area contributed by atoms with Gasteiger partial charge >= 0.3 is 0 Å². The molecule has 0 saturated carbocycles. The van der Waals surface area contributed by atoms with Crippen molar-refractivity contribution in [1.29, 1.82) is 0 Å². The topological polar surface area (TPSA) is 45.7 Å². The maximum Gasteiger partial charge on any atom is 0.275 e. The van der Waals surface area contributed by atoms with Crippen LogP contribution in [0, 0.1) is 0 Å². The van der Waals surface area contributed by atoms with Crippen molar-refractivity contribution >= 4 is 17.2 Å². The summed E-state index contributed by atoms with van der Waals surface area (Å²) in [5.41, 5.74) is 2.54. The van der Waals surface area contributed by atoms with Gasteiger partial charge in [0, 0.05) is 11.6 Å². The van der Waals surface area contributed by atoms with Crippen LogP contribution in [0.25, 0.3) is 0 Å². The number of amides is 1. The molecule has 1 heterocycles. The number of nitrogens with two attached hydrogens (primary N) is 1. The summed E-state index contributed by atoms with van der Waals surface area (Å²) >= 11 is 1.73. The van der Waals surface area contributed by atoms with Crippen molar-refractivity contribution in [3.05, 3.63) is 94.2 Å². The van der Waals surface area contributed by atoms with Crippen LogP contribution in [0.5, 0.6) is 0 Å². The number of quaternary nitrogens is 1. The summed E-state index contributed by atoms with van der Waals surface area (Å²) in [4.78, 5) is 13.7. The molecule has 0 aliphatic carbocycles. The summed E-state index contributed by atoms with van der Waals surface area (Å²) < 4.78 is 0. The zero-order chi connectivity index (χ0) is 18.9. The van der Waals surface area contributed by atoms with E-state index in [2.05, 4.69) is 83.6 Å². The number of aryl methyl sites for hydroxylation is 1. The zero-order valence-electron chi connectivity index (χ0n) is 15.7. The molecule has 3 aromatic rings. The summed E-state index contributed by atoms with van der Waals surface area (Å²) in [6, 6.07) is 25.3. The molecular weight excluding hydrogens is 352 g/mol. The highest BCUT2D eigenvalue weighted by Crippen LogP contribution is 2.22. The Morgan fingerprint density at radius 1 is 1.00 bits per heavy atom. The molecule has 2 atom stereocenters. The van der Waals surface area contributed by atoms with E-state index in [4.69, 9.17) is 0 Å². The van der Waals surface area contributed by atoms with Crippen molar-refractivity contribution in [3.8, 4) is 0 Å². The lowest BCUT2D eigenvalue weighted by Crippen LogP contribution is -2.87. The number of rotatable bonds is 9. The first kappa shape index (κ1) is 19.3. The Balaban J connectivity index is 1.50. The Morgan fingerprint density at radius 2 is 1.70 bits per heavy atom. The van der Waals surface area contributed by atoms with Gasteiger partial charge in [0.25, 0.3) is 5.91 Å². The van der Waals surface area contributed by atoms with Crippen LogP contribution < -0.4 is 10.6 Å². The Hall–Kier alpha value is -2.43. The van der Waals surface area contributed by atoms with Crippen LogP contribution in [0.2, 0.25) is 0 Å². The van der Waals surface area contributed by atoms with Crippen molar-refractivity contribution in [2.24, 2.45) is 0 Å². The van der Waals surface area contributed by atoms with Crippen molar-refractivity contribution < 1.29 is 10.1 Å². The Morgan fingerprint density at radius 3 is 2.37 bits per heavy atom. The van der Waals surface area contributed by atoms with Gasteiger partial charge in [-0.15, -0.1) is 11.3 Å². The van der Waals surface area contributed by atoms with E-state index in [9.17, 15) is 4.79 Å². The predicted octanol–water partition coefficient (Wildman–Crippen LogP) is 3.54. The molecule has 4 heteroatoms. The number of carbonyl (C=O) groups excluding carboxylic acids is 1. The molecule has 3 rings (SSSR count). The molecule has 1 aromatic heterocycles. The zero-order valence-corrected chi connectivity index (χ0v) is 16.5. The van der Waals surface area contributed by atoms with Crippen LogP contribution in [-0.2, 0) is 11.2 Å². The van der Waals surface area contributed by atoms with Gasteiger partial charge < -0.3 is 10.6 Å². The predicted molar refractivity (Wildman–Crippen MR) is 112 cm³/mol. The van der Waals surface area contributed by atoms with Gasteiger partial charge in [0.2, 0.25) is 0 Å². The van der Waals surface area contributed by atoms with E-state index in [1.54, 1.807) is 11.3 Å². The van der Waals surface area contributed by atoms with Crippen LogP contribution in [0.4, 0.5) is 0 Å². The first-order chi connectivity index (χ1) is 13.2. The second-order valence-electron chi connectivity index (χ2n) is 6.84. The van der Waals surface area contributed by atoms with E-state index in [1.807, 2.05) is 12.1 Å². The molecule has 0 unspecified atom stereocenters. The van der Waals surface area contributed by atoms with Gasteiger partial charge in [-0.25, -0.2) is 0 Å². The minimum atomic E-state index is 0.0908. The molecule has 0 spiro atoms. The highest BCUT2D eigenvalue weighted by Gasteiger charge is 2.20. The van der Waals surface area contributed by atoms with Crippen LogP contribution >= 0.6 is 11.3 Å². The fourth-order valence-electron chi connectivity index (χ4n) is 3.20. The number of thiophene rings is 1. The minimum Gasteiger partial charge on any atom is -0.349 e. The summed E-state index contributed by atoms with van der Waals surface area (Å²) in [7, 11) is 0. The molecule has 0 aliphatic rings. The first-order valence-corrected chi connectivity index (χ1v) is 10.4. The Bertz CT molecular complexity index is 803. The minimum absolute atomic E-state index is 0.0908. The molecule has 140 valence electrons. The Labute approximate surface area is 165 Å². The fourth-order valence-corrected chi connectivity index (χ4v) is 4.05. The van der Waals surface area contributed by atoms with Gasteiger partial charge in [0.15, 0.2) is 6.54 Å². The second-order valence-corrected chi connectivity index (χ2v) is 7.82. The lowest BCUT2D eigenvalue weighted by molar-refractivity contribution is -0.676. The molecule has 0 fully saturated rings. The van der Waals surface area contributed by atoms with Gasteiger partial charge in [-0.3, -0.25) is 4.79 Å². The SMILES string of the molecule is C[C@H](CCc1ccccc1)NC(=O)C[NH2+][C@H](c1ccccc1)c1cccs1. The molecule has 27 heavy (non-hydrogen) atoms. The van der Waals surface area contributed by atoms with Crippen molar-refractivity contribution in [1.82, 2.24) is 5.32 Å². The third-order valence-electron chi connectivity index (χ3n) is 4.66. The van der Waals surface area contributed by atoms with E-state index in [0.717, 1.165) is 12.8 Å². The van der Waals surface area contributed by atoms with Crippen molar-refractivity contribution in [2.75, 3.05) is 6.54 Å². The van der Waals surface area contributed by atoms with E-state index in [-0.39, 0.29) is 18.0 Å². The van der Waals surface area contributed by atoms with Crippen LogP contribution in [-0.4, -0.2) is 18.5 Å². The quantitative estimate of drug-likeness (QED) is 0.587. The molecule has 2 aromatic carbocycles. The molecule has 3 nitrogen and oxygen atoms in total. The number of benzene rings is 2. The van der Waals surface area contributed by atoms with Crippen LogP contribution in [0.3, 0.4) is 0 Å². The molecule has 0 saturated heterocycles. The largest absolute Gasteiger partial charge is 0.349 e. The van der Waals surface area contributed by atoms with Crippen LogP contribution in [0.15, 0.2) is 78.2 Å². The maximum absolute atomic E-state index is 12.4. The van der Waals surface area contributed by atoms with E-state index >= 15 is 0 Å². The average Bonchev–Trinajstić information content (AvgIpc) is 3.23. The normalized spacial score (nSPS) is 13.1. The average molecular weight is 380 g/mol. The highest BCUT2D eigenvalue weighted by atomic mass is 32.1. The number of carbonyl (C=O) groups is 1. The van der Waals surface area contributed by atoms with Gasteiger partial charge in [-0.1, -0.05) is 66.7 Å². The standard InChI is InChI=1S/C23H26N2OS/c1-18(14-15-19-9-4-2-5-10-19)25-22(26)17-24-23(21-13-8-16-27-21)20-11-6-3-7-12-20/h2-13,16,18,23-24H,14-15,17H2,1H3,(H,25,26)/p+1/t18-,23-/m1/s1. The monoisotopic (exact) mass is 379 g/mol. The van der Waals surface area contributed by atoms with Gasteiger partial charge in [0.1, 0.15) is 6.04 Å². The highest BCUT2D eigenvalue weighted by molar-refractivity contribution is 7.10. The number of nitrogens with one attached hydrogen (secondary N) is 1. The van der Waals surface area contributed by atoms with Gasteiger partial charge in [-0.2, -0.15) is 0 Å². The molecule has 0 radical (unpaired) electrons. The molecule has 3 N–H and O–H groups in total. The number of hydrogen-bond donors (Lipinski definition) is 2. The summed E-state index contributed by atoms with van der Waals surface area (Å²) in [6.45, 7) is 2.50. The van der Waals surface area contributed by atoms with E-state index in [1.165, 1.54) is 16.0 Å². The Kier molecular flexibility index (Phi) is 7.19. The summed E-state index contributed by atoms with van der Waals surface area (Å²) in [6.07, 6.45) is 1.93. The van der Waals surface area contributed by atoms with Crippen molar-refractivity contribution in [2.45, 2.75) is 31.8 Å². The van der Waals surface area contributed by atoms with Gasteiger partial charge in [-0.05, 0) is 36.8 Å². The lowest BCUT2D eigenvalue weighted by atomic mass is 10.1. The molecule has 0 aliphatic heterocycles.